The summed E-state index contributed by atoms with van der Waals surface area (Å²) < 4.78 is 83.0. The Labute approximate surface area is 288 Å². The molecule has 9 nitrogen and oxygen atoms in total. The Hall–Kier alpha value is -4.55. The third-order valence-electron chi connectivity index (χ3n) is 10.3. The van der Waals surface area contributed by atoms with Crippen molar-refractivity contribution in [2.45, 2.75) is 57.4 Å². The summed E-state index contributed by atoms with van der Waals surface area (Å²) in [4.78, 5) is 27.1. The topological polar surface area (TPSA) is 112 Å². The number of hydrogen-bond donors (Lipinski definition) is 1. The molecule has 0 unspecified atom stereocenters. The fourth-order valence-corrected chi connectivity index (χ4v) is 8.54. The molecule has 0 bridgehead atoms. The summed E-state index contributed by atoms with van der Waals surface area (Å²) in [5.41, 5.74) is 2.96. The molecule has 0 radical (unpaired) electrons. The van der Waals surface area contributed by atoms with Crippen LogP contribution >= 0.6 is 11.3 Å². The quantitative estimate of drug-likeness (QED) is 0.173. The second kappa shape index (κ2) is 12.1. The van der Waals surface area contributed by atoms with Crippen molar-refractivity contribution >= 4 is 49.1 Å². The zero-order valence-electron chi connectivity index (χ0n) is 27.6. The number of nitrogens with two attached hydrogens (primary N) is 1. The van der Waals surface area contributed by atoms with Gasteiger partial charge in [0.15, 0.2) is 5.82 Å². The van der Waals surface area contributed by atoms with Gasteiger partial charge in [0.05, 0.1) is 15.8 Å². The number of ether oxygens (including phenoxy) is 1. The molecule has 1 saturated carbocycles. The summed E-state index contributed by atoms with van der Waals surface area (Å²) in [6.07, 6.45) is -0.705. The number of carbonyl (C=O) groups is 1. The van der Waals surface area contributed by atoms with Crippen LogP contribution in [-0.4, -0.2) is 77.1 Å². The summed E-state index contributed by atoms with van der Waals surface area (Å²) in [6.45, 7) is 8.65. The van der Waals surface area contributed by atoms with E-state index >= 15 is 17.6 Å². The van der Waals surface area contributed by atoms with Crippen LogP contribution in [0.4, 0.5) is 32.8 Å². The van der Waals surface area contributed by atoms with E-state index in [-0.39, 0.29) is 86.5 Å². The van der Waals surface area contributed by atoms with Crippen molar-refractivity contribution in [2.75, 3.05) is 43.9 Å². The van der Waals surface area contributed by atoms with Crippen LogP contribution < -0.4 is 15.4 Å². The molecule has 3 aliphatic rings. The molecule has 2 N–H and O–H groups in total. The number of piperazine rings is 1. The minimum atomic E-state index is -5.09. The molecular weight excluding hydrogens is 677 g/mol. The summed E-state index contributed by atoms with van der Waals surface area (Å²) in [5, 5.41) is 9.30. The number of nitrogens with zero attached hydrogens (tertiary/aromatic N) is 6. The normalized spacial score (nSPS) is 22.0. The molecule has 4 aromatic rings. The zero-order chi connectivity index (χ0) is 35.9. The molecule has 3 fully saturated rings. The van der Waals surface area contributed by atoms with E-state index in [4.69, 9.17) is 10.5 Å². The van der Waals surface area contributed by atoms with Gasteiger partial charge < -0.3 is 20.3 Å². The number of rotatable bonds is 6. The van der Waals surface area contributed by atoms with Gasteiger partial charge in [-0.05, 0) is 69.3 Å². The lowest BCUT2D eigenvalue weighted by Gasteiger charge is -2.44. The third-order valence-corrected chi connectivity index (χ3v) is 11.4. The predicted molar refractivity (Wildman–Crippen MR) is 181 cm³/mol. The molecule has 50 heavy (non-hydrogen) atoms. The van der Waals surface area contributed by atoms with Crippen molar-refractivity contribution in [3.05, 3.63) is 53.6 Å². The highest BCUT2D eigenvalue weighted by Gasteiger charge is 2.51. The second-order valence-corrected chi connectivity index (χ2v) is 14.8. The fourth-order valence-electron chi connectivity index (χ4n) is 7.59. The maximum atomic E-state index is 17.1. The molecule has 2 aromatic carbocycles. The fraction of sp³-hybridized carbons (Fsp3) is 0.429. The molecule has 2 aromatic heterocycles. The highest BCUT2D eigenvalue weighted by Crippen LogP contribution is 2.54. The highest BCUT2D eigenvalue weighted by molar-refractivity contribution is 7.23. The minimum Gasteiger partial charge on any atom is -0.462 e. The molecule has 3 atom stereocenters. The Bertz CT molecular complexity index is 2110. The lowest BCUT2D eigenvalue weighted by Crippen LogP contribution is -2.58. The largest absolute Gasteiger partial charge is 0.462 e. The maximum Gasteiger partial charge on any atom is 0.417 e. The molecule has 1 aliphatic carbocycles. The van der Waals surface area contributed by atoms with Gasteiger partial charge >= 0.3 is 12.2 Å². The molecule has 15 heteroatoms. The van der Waals surface area contributed by atoms with Crippen LogP contribution in [0, 0.1) is 28.4 Å². The number of benzene rings is 2. The molecule has 1 amide bonds. The maximum absolute atomic E-state index is 17.1. The first-order valence-electron chi connectivity index (χ1n) is 16.2. The number of thiophene rings is 1. The summed E-state index contributed by atoms with van der Waals surface area (Å²) in [5.74, 6) is -2.41. The number of hydrogen-bond acceptors (Lipinski definition) is 9. The standard InChI is InChI=1S/C35H34F5N7O2S/c1-5-25(48)46-13-18(3)47(14-17(46)2)32-21-10-23(35(38,39)40)27(20-6-7-24(36)30-26(20)22(12-41)31(42)50-30)28(37)29(21)43-33(44-32)49-15-19-11-34(8-9-34)16-45(19)4/h5-7,10,17-19H,1,8-9,11,13-16,42H2,2-4H3/t17-,18+,19+/m1/s1. The van der Waals surface area contributed by atoms with Crippen LogP contribution in [0.2, 0.25) is 0 Å². The van der Waals surface area contributed by atoms with E-state index in [1.165, 1.54) is 6.08 Å². The number of likely N-dealkylation sites (tertiary alicyclic amines) is 1. The van der Waals surface area contributed by atoms with Crippen LogP contribution in [0.1, 0.15) is 44.2 Å². The van der Waals surface area contributed by atoms with E-state index in [0.29, 0.717) is 11.3 Å². The zero-order valence-corrected chi connectivity index (χ0v) is 28.4. The molecule has 262 valence electrons. The van der Waals surface area contributed by atoms with Crippen LogP contribution in [-0.2, 0) is 11.0 Å². The first-order chi connectivity index (χ1) is 23.7. The Kier molecular flexibility index (Phi) is 8.18. The van der Waals surface area contributed by atoms with Crippen molar-refractivity contribution in [2.24, 2.45) is 5.41 Å². The van der Waals surface area contributed by atoms with Gasteiger partial charge in [0.1, 0.15) is 34.8 Å². The van der Waals surface area contributed by atoms with Crippen molar-refractivity contribution in [1.82, 2.24) is 19.8 Å². The van der Waals surface area contributed by atoms with Gasteiger partial charge in [-0.2, -0.15) is 28.4 Å². The number of anilines is 2. The van der Waals surface area contributed by atoms with E-state index < -0.39 is 40.5 Å². The average Bonchev–Trinajstić information content (AvgIpc) is 3.62. The molecular formula is C35H34F5N7O2S. The number of alkyl halides is 3. The Morgan fingerprint density at radius 2 is 1.96 bits per heavy atom. The van der Waals surface area contributed by atoms with E-state index in [1.807, 2.05) is 13.1 Å². The van der Waals surface area contributed by atoms with Gasteiger partial charge in [-0.25, -0.2) is 8.78 Å². The number of halogens is 5. The number of carbonyl (C=O) groups excluding carboxylic acids is 1. The number of fused-ring (bicyclic) bond motifs is 2. The van der Waals surface area contributed by atoms with Crippen molar-refractivity contribution in [1.29, 1.82) is 5.26 Å². The van der Waals surface area contributed by atoms with Gasteiger partial charge in [0.2, 0.25) is 5.91 Å². The van der Waals surface area contributed by atoms with Crippen LogP contribution in [0.5, 0.6) is 6.01 Å². The monoisotopic (exact) mass is 711 g/mol. The Balaban J connectivity index is 1.44. The lowest BCUT2D eigenvalue weighted by atomic mass is 9.92. The second-order valence-electron chi connectivity index (χ2n) is 13.7. The van der Waals surface area contributed by atoms with Gasteiger partial charge in [0.25, 0.3) is 0 Å². The average molecular weight is 712 g/mol. The first-order valence-corrected chi connectivity index (χ1v) is 17.0. The van der Waals surface area contributed by atoms with Crippen molar-refractivity contribution < 1.29 is 31.5 Å². The number of nitriles is 1. The number of nitrogen functional groups attached to an aromatic ring is 1. The lowest BCUT2D eigenvalue weighted by molar-refractivity contribution is -0.137. The van der Waals surface area contributed by atoms with Crippen LogP contribution in [0.25, 0.3) is 32.1 Å². The predicted octanol–water partition coefficient (Wildman–Crippen LogP) is 6.74. The number of likely N-dealkylation sites (N-methyl/N-ethyl adjacent to an activating group) is 1. The van der Waals surface area contributed by atoms with E-state index in [1.54, 1.807) is 23.6 Å². The molecule has 1 spiro atoms. The van der Waals surface area contributed by atoms with Crippen molar-refractivity contribution in [3.8, 4) is 23.2 Å². The van der Waals surface area contributed by atoms with E-state index in [9.17, 15) is 14.4 Å². The van der Waals surface area contributed by atoms with E-state index in [2.05, 4.69) is 21.4 Å². The van der Waals surface area contributed by atoms with E-state index in [0.717, 1.165) is 44.0 Å². The van der Waals surface area contributed by atoms with Gasteiger partial charge in [-0.15, -0.1) is 11.3 Å². The molecule has 4 heterocycles. The summed E-state index contributed by atoms with van der Waals surface area (Å²) in [6, 6.07) is 3.57. The minimum absolute atomic E-state index is 0.0196. The number of aromatic nitrogens is 2. The smallest absolute Gasteiger partial charge is 0.417 e. The molecule has 2 aliphatic heterocycles. The highest BCUT2D eigenvalue weighted by atomic mass is 32.1. The van der Waals surface area contributed by atoms with Crippen molar-refractivity contribution in [3.63, 3.8) is 0 Å². The van der Waals surface area contributed by atoms with Crippen LogP contribution in [0.3, 0.4) is 0 Å². The van der Waals surface area contributed by atoms with Crippen LogP contribution in [0.15, 0.2) is 30.9 Å². The number of amides is 1. The summed E-state index contributed by atoms with van der Waals surface area (Å²) in [7, 11) is 2.00. The molecule has 2 saturated heterocycles. The first kappa shape index (κ1) is 33.9. The van der Waals surface area contributed by atoms with Gasteiger partial charge in [0, 0.05) is 54.1 Å². The van der Waals surface area contributed by atoms with Gasteiger partial charge in [-0.3, -0.25) is 9.69 Å². The SMILES string of the molecule is C=CC(=O)N1C[C@H](C)N(c2nc(OC[C@@H]3CC4(CC4)CN3C)nc3c(F)c(-c4ccc(F)c5sc(N)c(C#N)c45)c(C(F)(F)F)cc23)C[C@H]1C. The Morgan fingerprint density at radius 1 is 1.22 bits per heavy atom. The van der Waals surface area contributed by atoms with Gasteiger partial charge in [-0.1, -0.05) is 12.6 Å². The Morgan fingerprint density at radius 3 is 2.60 bits per heavy atom. The molecule has 7 rings (SSSR count). The summed E-state index contributed by atoms with van der Waals surface area (Å²) >= 11 is 0.699. The third kappa shape index (κ3) is 5.58.